The van der Waals surface area contributed by atoms with Crippen LogP contribution in [0, 0.1) is 11.7 Å². The number of nitrogens with zero attached hydrogens (tertiary/aromatic N) is 1. The predicted octanol–water partition coefficient (Wildman–Crippen LogP) is 2.71. The molecule has 16 heavy (non-hydrogen) atoms. The van der Waals surface area contributed by atoms with Gasteiger partial charge in [0, 0.05) is 6.07 Å². The number of hydrogen-bond donors (Lipinski definition) is 1. The molecule has 0 aliphatic carbocycles. The number of oxazole rings is 1. The van der Waals surface area contributed by atoms with Crippen molar-refractivity contribution in [3.63, 3.8) is 0 Å². The zero-order valence-electron chi connectivity index (χ0n) is 9.46. The first kappa shape index (κ1) is 11.1. The molecule has 2 aromatic rings. The summed E-state index contributed by atoms with van der Waals surface area (Å²) in [5.41, 5.74) is 1.20. The van der Waals surface area contributed by atoms with Crippen molar-refractivity contribution >= 4 is 11.1 Å². The lowest BCUT2D eigenvalue weighted by Crippen LogP contribution is -2.19. The van der Waals surface area contributed by atoms with Crippen LogP contribution in [0.1, 0.15) is 19.7 Å². The van der Waals surface area contributed by atoms with E-state index in [9.17, 15) is 4.39 Å². The minimum atomic E-state index is -0.289. The van der Waals surface area contributed by atoms with Crippen molar-refractivity contribution in [3.8, 4) is 0 Å². The van der Waals surface area contributed by atoms with Gasteiger partial charge in [-0.2, -0.15) is 0 Å². The molecule has 0 amide bonds. The largest absolute Gasteiger partial charge is 0.439 e. The molecule has 0 bridgehead atoms. The zero-order valence-corrected chi connectivity index (χ0v) is 9.46. The third-order valence-corrected chi connectivity index (χ3v) is 2.22. The standard InChI is InChI=1S/C12H15FN2O/c1-8(2)6-14-7-12-15-10-5-9(13)3-4-11(10)16-12/h3-5,8,14H,6-7H2,1-2H3. The highest BCUT2D eigenvalue weighted by atomic mass is 19.1. The first-order valence-corrected chi connectivity index (χ1v) is 5.41. The average Bonchev–Trinajstić information content (AvgIpc) is 2.58. The third kappa shape index (κ3) is 2.58. The van der Waals surface area contributed by atoms with E-state index in [4.69, 9.17) is 4.42 Å². The molecule has 0 spiro atoms. The Bertz CT molecular complexity index is 479. The molecular weight excluding hydrogens is 207 g/mol. The van der Waals surface area contributed by atoms with E-state index in [1.165, 1.54) is 12.1 Å². The molecule has 0 fully saturated rings. The quantitative estimate of drug-likeness (QED) is 0.864. The lowest BCUT2D eigenvalue weighted by molar-refractivity contribution is 0.471. The van der Waals surface area contributed by atoms with Crippen molar-refractivity contribution in [2.75, 3.05) is 6.54 Å². The van der Waals surface area contributed by atoms with Crippen LogP contribution in [0.3, 0.4) is 0 Å². The summed E-state index contributed by atoms with van der Waals surface area (Å²) < 4.78 is 18.4. The lowest BCUT2D eigenvalue weighted by Gasteiger charge is -2.03. The van der Waals surface area contributed by atoms with Crippen LogP contribution >= 0.6 is 0 Å². The first-order valence-electron chi connectivity index (χ1n) is 5.41. The Morgan fingerprint density at radius 3 is 3.00 bits per heavy atom. The van der Waals surface area contributed by atoms with E-state index in [1.807, 2.05) is 0 Å². The summed E-state index contributed by atoms with van der Waals surface area (Å²) in [6.07, 6.45) is 0. The van der Waals surface area contributed by atoms with Crippen LogP contribution in [0.5, 0.6) is 0 Å². The monoisotopic (exact) mass is 222 g/mol. The van der Waals surface area contributed by atoms with Crippen LogP contribution in [0.25, 0.3) is 11.1 Å². The maximum absolute atomic E-state index is 12.9. The Kier molecular flexibility index (Phi) is 3.19. The Morgan fingerprint density at radius 2 is 2.25 bits per heavy atom. The average molecular weight is 222 g/mol. The number of hydrogen-bond acceptors (Lipinski definition) is 3. The topological polar surface area (TPSA) is 38.1 Å². The fraction of sp³-hybridized carbons (Fsp3) is 0.417. The van der Waals surface area contributed by atoms with Gasteiger partial charge in [0.15, 0.2) is 5.58 Å². The van der Waals surface area contributed by atoms with E-state index in [1.54, 1.807) is 6.07 Å². The van der Waals surface area contributed by atoms with Gasteiger partial charge >= 0.3 is 0 Å². The van der Waals surface area contributed by atoms with Gasteiger partial charge in [0.25, 0.3) is 0 Å². The van der Waals surface area contributed by atoms with Crippen LogP contribution in [0.2, 0.25) is 0 Å². The van der Waals surface area contributed by atoms with Crippen molar-refractivity contribution < 1.29 is 8.81 Å². The zero-order chi connectivity index (χ0) is 11.5. The van der Waals surface area contributed by atoms with E-state index in [0.29, 0.717) is 29.5 Å². The van der Waals surface area contributed by atoms with Gasteiger partial charge in [-0.1, -0.05) is 13.8 Å². The van der Waals surface area contributed by atoms with Crippen molar-refractivity contribution in [2.45, 2.75) is 20.4 Å². The molecule has 0 atom stereocenters. The fourth-order valence-corrected chi connectivity index (χ4v) is 1.49. The molecule has 1 N–H and O–H groups in total. The molecule has 0 aliphatic rings. The van der Waals surface area contributed by atoms with Gasteiger partial charge < -0.3 is 9.73 Å². The molecule has 1 heterocycles. The van der Waals surface area contributed by atoms with Gasteiger partial charge in [0.2, 0.25) is 5.89 Å². The van der Waals surface area contributed by atoms with Gasteiger partial charge in [0.05, 0.1) is 6.54 Å². The first-order chi connectivity index (χ1) is 7.65. The van der Waals surface area contributed by atoms with Crippen molar-refractivity contribution in [1.82, 2.24) is 10.3 Å². The van der Waals surface area contributed by atoms with Crippen molar-refractivity contribution in [3.05, 3.63) is 29.9 Å². The second-order valence-electron chi connectivity index (χ2n) is 4.24. The molecule has 1 aromatic heterocycles. The van der Waals surface area contributed by atoms with Crippen LogP contribution in [-0.4, -0.2) is 11.5 Å². The molecule has 2 rings (SSSR count). The number of fused-ring (bicyclic) bond motifs is 1. The van der Waals surface area contributed by atoms with E-state index in [-0.39, 0.29) is 5.82 Å². The van der Waals surface area contributed by atoms with Crippen LogP contribution in [-0.2, 0) is 6.54 Å². The SMILES string of the molecule is CC(C)CNCc1nc2cc(F)ccc2o1. The summed E-state index contributed by atoms with van der Waals surface area (Å²) in [4.78, 5) is 4.20. The van der Waals surface area contributed by atoms with E-state index >= 15 is 0 Å². The molecule has 1 aromatic carbocycles. The lowest BCUT2D eigenvalue weighted by atomic mass is 10.2. The van der Waals surface area contributed by atoms with E-state index < -0.39 is 0 Å². The summed E-state index contributed by atoms with van der Waals surface area (Å²) >= 11 is 0. The summed E-state index contributed by atoms with van der Waals surface area (Å²) in [6, 6.07) is 4.35. The summed E-state index contributed by atoms with van der Waals surface area (Å²) in [6.45, 7) is 5.75. The minimum absolute atomic E-state index is 0.289. The van der Waals surface area contributed by atoms with Crippen LogP contribution < -0.4 is 5.32 Å². The Labute approximate surface area is 93.7 Å². The van der Waals surface area contributed by atoms with E-state index in [0.717, 1.165) is 6.54 Å². The maximum Gasteiger partial charge on any atom is 0.209 e. The second kappa shape index (κ2) is 4.61. The van der Waals surface area contributed by atoms with Crippen molar-refractivity contribution in [2.24, 2.45) is 5.92 Å². The fourth-order valence-electron chi connectivity index (χ4n) is 1.49. The van der Waals surface area contributed by atoms with Gasteiger partial charge in [-0.15, -0.1) is 0 Å². The van der Waals surface area contributed by atoms with Gasteiger partial charge in [0.1, 0.15) is 11.3 Å². The minimum Gasteiger partial charge on any atom is -0.439 e. The molecule has 0 aliphatic heterocycles. The highest BCUT2D eigenvalue weighted by Crippen LogP contribution is 2.16. The smallest absolute Gasteiger partial charge is 0.209 e. The maximum atomic E-state index is 12.9. The number of aromatic nitrogens is 1. The van der Waals surface area contributed by atoms with E-state index in [2.05, 4.69) is 24.1 Å². The Hall–Kier alpha value is -1.42. The third-order valence-electron chi connectivity index (χ3n) is 2.22. The number of rotatable bonds is 4. The summed E-state index contributed by atoms with van der Waals surface area (Å²) in [7, 11) is 0. The summed E-state index contributed by atoms with van der Waals surface area (Å²) in [5, 5.41) is 3.23. The van der Waals surface area contributed by atoms with Crippen LogP contribution in [0.15, 0.2) is 22.6 Å². The highest BCUT2D eigenvalue weighted by Gasteiger charge is 2.06. The summed E-state index contributed by atoms with van der Waals surface area (Å²) in [5.74, 6) is 0.894. The number of benzene rings is 1. The Morgan fingerprint density at radius 1 is 1.44 bits per heavy atom. The number of halogens is 1. The van der Waals surface area contributed by atoms with Gasteiger partial charge in [-0.3, -0.25) is 0 Å². The number of nitrogens with one attached hydrogen (secondary N) is 1. The molecule has 0 saturated heterocycles. The van der Waals surface area contributed by atoms with Gasteiger partial charge in [-0.05, 0) is 24.6 Å². The molecular formula is C12H15FN2O. The predicted molar refractivity (Wildman–Crippen MR) is 60.5 cm³/mol. The molecule has 3 nitrogen and oxygen atoms in total. The Balaban J connectivity index is 2.08. The molecule has 0 unspecified atom stereocenters. The molecule has 86 valence electrons. The van der Waals surface area contributed by atoms with Crippen LogP contribution in [0.4, 0.5) is 4.39 Å². The highest BCUT2D eigenvalue weighted by molar-refractivity contribution is 5.72. The second-order valence-corrected chi connectivity index (χ2v) is 4.24. The molecule has 4 heteroatoms. The molecule has 0 saturated carbocycles. The normalized spacial score (nSPS) is 11.5. The van der Waals surface area contributed by atoms with Crippen molar-refractivity contribution in [1.29, 1.82) is 0 Å². The molecule has 0 radical (unpaired) electrons. The van der Waals surface area contributed by atoms with Gasteiger partial charge in [-0.25, -0.2) is 9.37 Å².